The fourth-order valence-electron chi connectivity index (χ4n) is 2.83. The molecule has 1 aliphatic heterocycles. The molecule has 0 unspecified atom stereocenters. The monoisotopic (exact) mass is 398 g/mol. The summed E-state index contributed by atoms with van der Waals surface area (Å²) >= 11 is 0. The average Bonchev–Trinajstić information content (AvgIpc) is 3.15. The number of carbonyl (C=O) groups is 2. The molecule has 2 aromatic carbocycles. The van der Waals surface area contributed by atoms with E-state index in [0.29, 0.717) is 28.5 Å². The number of hydrogen-bond acceptors (Lipinski definition) is 5. The largest absolute Gasteiger partial charge is 0.497 e. The van der Waals surface area contributed by atoms with Crippen LogP contribution >= 0.6 is 0 Å². The number of nitrogens with one attached hydrogen (secondary N) is 2. The number of rotatable bonds is 5. The van der Waals surface area contributed by atoms with Crippen LogP contribution in [0.15, 0.2) is 42.5 Å². The second-order valence-corrected chi connectivity index (χ2v) is 8.08. The lowest BCUT2D eigenvalue weighted by Gasteiger charge is -2.33. The molecule has 7 heteroatoms. The van der Waals surface area contributed by atoms with E-state index in [1.807, 2.05) is 0 Å². The molecule has 2 aromatic rings. The summed E-state index contributed by atoms with van der Waals surface area (Å²) in [7, 11) is 1.57. The van der Waals surface area contributed by atoms with E-state index in [2.05, 4.69) is 10.6 Å². The minimum Gasteiger partial charge on any atom is -0.497 e. The Labute approximate surface area is 170 Å². The zero-order valence-electron chi connectivity index (χ0n) is 17.3. The number of amides is 2. The minimum atomic E-state index is -1.30. The number of carbonyl (C=O) groups excluding carboxylic acids is 2. The highest BCUT2D eigenvalue weighted by Gasteiger charge is 2.39. The van der Waals surface area contributed by atoms with Crippen LogP contribution in [0, 0.1) is 5.41 Å². The van der Waals surface area contributed by atoms with E-state index < -0.39 is 11.0 Å². The quantitative estimate of drug-likeness (QED) is 0.806. The predicted molar refractivity (Wildman–Crippen MR) is 109 cm³/mol. The standard InChI is InChI=1S/C22H26N2O5/c1-21(2,3)19(25)24-22(4,14-6-9-16(27-5)10-7-14)20(26)23-15-8-11-17-18(12-15)29-13-28-17/h6-12H,13H2,1-5H3,(H,23,26)(H,24,25)/t22-/m0/s1. The van der Waals surface area contributed by atoms with Crippen molar-refractivity contribution in [2.75, 3.05) is 19.2 Å². The molecule has 0 spiro atoms. The maximum atomic E-state index is 13.3. The Bertz CT molecular complexity index is 918. The topological polar surface area (TPSA) is 85.9 Å². The molecule has 154 valence electrons. The van der Waals surface area contributed by atoms with Gasteiger partial charge in [0.2, 0.25) is 12.7 Å². The predicted octanol–water partition coefficient (Wildman–Crippen LogP) is 3.44. The number of benzene rings is 2. The van der Waals surface area contributed by atoms with Crippen molar-refractivity contribution in [3.05, 3.63) is 48.0 Å². The van der Waals surface area contributed by atoms with Crippen molar-refractivity contribution in [3.8, 4) is 17.2 Å². The number of hydrogen-bond donors (Lipinski definition) is 2. The lowest BCUT2D eigenvalue weighted by atomic mass is 9.87. The first-order valence-corrected chi connectivity index (χ1v) is 9.32. The Hall–Kier alpha value is -3.22. The van der Waals surface area contributed by atoms with Gasteiger partial charge in [-0.25, -0.2) is 0 Å². The molecule has 0 radical (unpaired) electrons. The van der Waals surface area contributed by atoms with Gasteiger partial charge in [0, 0.05) is 17.2 Å². The smallest absolute Gasteiger partial charge is 0.254 e. The Morgan fingerprint density at radius 3 is 2.21 bits per heavy atom. The van der Waals surface area contributed by atoms with Crippen molar-refractivity contribution in [1.82, 2.24) is 5.32 Å². The van der Waals surface area contributed by atoms with E-state index in [4.69, 9.17) is 14.2 Å². The van der Waals surface area contributed by atoms with Gasteiger partial charge < -0.3 is 24.8 Å². The molecular formula is C22H26N2O5. The summed E-state index contributed by atoms with van der Waals surface area (Å²) in [5.41, 5.74) is -0.780. The van der Waals surface area contributed by atoms with Gasteiger partial charge in [0.25, 0.3) is 5.91 Å². The third-order valence-corrected chi connectivity index (χ3v) is 4.80. The van der Waals surface area contributed by atoms with Gasteiger partial charge in [0.1, 0.15) is 11.3 Å². The summed E-state index contributed by atoms with van der Waals surface area (Å²) in [5, 5.41) is 5.79. The fourth-order valence-corrected chi connectivity index (χ4v) is 2.83. The van der Waals surface area contributed by atoms with Crippen molar-refractivity contribution in [1.29, 1.82) is 0 Å². The number of anilines is 1. The molecular weight excluding hydrogens is 372 g/mol. The van der Waals surface area contributed by atoms with Crippen LogP contribution in [0.3, 0.4) is 0 Å². The highest BCUT2D eigenvalue weighted by atomic mass is 16.7. The molecule has 1 heterocycles. The highest BCUT2D eigenvalue weighted by molar-refractivity contribution is 6.01. The lowest BCUT2D eigenvalue weighted by Crippen LogP contribution is -2.54. The average molecular weight is 398 g/mol. The van der Waals surface area contributed by atoms with E-state index in [1.165, 1.54) is 0 Å². The molecule has 1 aliphatic rings. The van der Waals surface area contributed by atoms with Crippen LogP contribution in [0.4, 0.5) is 5.69 Å². The molecule has 0 fully saturated rings. The first kappa shape index (κ1) is 20.5. The van der Waals surface area contributed by atoms with Crippen LogP contribution in [0.25, 0.3) is 0 Å². The summed E-state index contributed by atoms with van der Waals surface area (Å²) in [5.74, 6) is 1.24. The van der Waals surface area contributed by atoms with Gasteiger partial charge in [0.15, 0.2) is 11.5 Å². The molecule has 2 amide bonds. The normalized spacial score (nSPS) is 14.7. The van der Waals surface area contributed by atoms with E-state index in [0.717, 1.165) is 0 Å². The number of ether oxygens (including phenoxy) is 3. The Kier molecular flexibility index (Phi) is 5.42. The molecule has 3 rings (SSSR count). The first-order chi connectivity index (χ1) is 13.6. The second kappa shape index (κ2) is 7.66. The molecule has 7 nitrogen and oxygen atoms in total. The van der Waals surface area contributed by atoms with Gasteiger partial charge in [-0.3, -0.25) is 9.59 Å². The first-order valence-electron chi connectivity index (χ1n) is 9.32. The van der Waals surface area contributed by atoms with Crippen molar-refractivity contribution in [3.63, 3.8) is 0 Å². The van der Waals surface area contributed by atoms with Crippen molar-refractivity contribution < 1.29 is 23.8 Å². The summed E-state index contributed by atoms with van der Waals surface area (Å²) in [6.07, 6.45) is 0. The highest BCUT2D eigenvalue weighted by Crippen LogP contribution is 2.35. The van der Waals surface area contributed by atoms with Gasteiger partial charge in [-0.15, -0.1) is 0 Å². The van der Waals surface area contributed by atoms with E-state index in [-0.39, 0.29) is 18.6 Å². The lowest BCUT2D eigenvalue weighted by molar-refractivity contribution is -0.135. The summed E-state index contributed by atoms with van der Waals surface area (Å²) in [4.78, 5) is 26.1. The number of methoxy groups -OCH3 is 1. The summed E-state index contributed by atoms with van der Waals surface area (Å²) in [6, 6.07) is 12.2. The third-order valence-electron chi connectivity index (χ3n) is 4.80. The van der Waals surface area contributed by atoms with Crippen molar-refractivity contribution in [2.24, 2.45) is 5.41 Å². The molecule has 0 aromatic heterocycles. The van der Waals surface area contributed by atoms with E-state index >= 15 is 0 Å². The molecule has 1 atom stereocenters. The second-order valence-electron chi connectivity index (χ2n) is 8.08. The van der Waals surface area contributed by atoms with Gasteiger partial charge in [-0.05, 0) is 36.8 Å². The van der Waals surface area contributed by atoms with Gasteiger partial charge in [0.05, 0.1) is 7.11 Å². The van der Waals surface area contributed by atoms with Gasteiger partial charge in [-0.2, -0.15) is 0 Å². The maximum Gasteiger partial charge on any atom is 0.254 e. The summed E-state index contributed by atoms with van der Waals surface area (Å²) < 4.78 is 15.9. The number of fused-ring (bicyclic) bond motifs is 1. The van der Waals surface area contributed by atoms with E-state index in [9.17, 15) is 9.59 Å². The zero-order valence-corrected chi connectivity index (χ0v) is 17.3. The van der Waals surface area contributed by atoms with Gasteiger partial charge >= 0.3 is 0 Å². The SMILES string of the molecule is COc1ccc([C@](C)(NC(=O)C(C)(C)C)C(=O)Nc2ccc3c(c2)OCO3)cc1. The molecule has 0 saturated heterocycles. The Balaban J connectivity index is 1.92. The molecule has 0 bridgehead atoms. The molecule has 0 saturated carbocycles. The van der Waals surface area contributed by atoms with Crippen LogP contribution in [0.5, 0.6) is 17.2 Å². The molecule has 29 heavy (non-hydrogen) atoms. The van der Waals surface area contributed by atoms with Crippen LogP contribution in [0.2, 0.25) is 0 Å². The van der Waals surface area contributed by atoms with Crippen molar-refractivity contribution in [2.45, 2.75) is 33.2 Å². The zero-order chi connectivity index (χ0) is 21.2. The van der Waals surface area contributed by atoms with Crippen molar-refractivity contribution >= 4 is 17.5 Å². The maximum absolute atomic E-state index is 13.3. The Morgan fingerprint density at radius 2 is 1.59 bits per heavy atom. The summed E-state index contributed by atoms with van der Waals surface area (Å²) in [6.45, 7) is 7.23. The molecule has 0 aliphatic carbocycles. The van der Waals surface area contributed by atoms with Crippen LogP contribution < -0.4 is 24.8 Å². The van der Waals surface area contributed by atoms with Crippen LogP contribution in [-0.4, -0.2) is 25.7 Å². The molecule has 2 N–H and O–H groups in total. The van der Waals surface area contributed by atoms with Crippen LogP contribution in [-0.2, 0) is 15.1 Å². The van der Waals surface area contributed by atoms with Gasteiger partial charge in [-0.1, -0.05) is 32.9 Å². The third kappa shape index (κ3) is 4.29. The fraction of sp³-hybridized carbons (Fsp3) is 0.364. The van der Waals surface area contributed by atoms with Crippen LogP contribution in [0.1, 0.15) is 33.3 Å². The Morgan fingerprint density at radius 1 is 0.931 bits per heavy atom. The van der Waals surface area contributed by atoms with E-state index in [1.54, 1.807) is 77.3 Å². The minimum absolute atomic E-state index is 0.151.